The van der Waals surface area contributed by atoms with Crippen molar-refractivity contribution in [2.75, 3.05) is 18.9 Å². The van der Waals surface area contributed by atoms with Gasteiger partial charge in [0.2, 0.25) is 0 Å². The zero-order valence-electron chi connectivity index (χ0n) is 10.7. The van der Waals surface area contributed by atoms with Gasteiger partial charge in [0.15, 0.2) is 0 Å². The Morgan fingerprint density at radius 2 is 2.32 bits per heavy atom. The molecule has 102 valence electrons. The van der Waals surface area contributed by atoms with E-state index in [1.807, 2.05) is 0 Å². The molecule has 2 N–H and O–H groups in total. The topological polar surface area (TPSA) is 52.3 Å². The van der Waals surface area contributed by atoms with Gasteiger partial charge in [-0.1, -0.05) is 17.9 Å². The van der Waals surface area contributed by atoms with Crippen LogP contribution in [0.25, 0.3) is 0 Å². The van der Waals surface area contributed by atoms with Crippen molar-refractivity contribution in [2.24, 2.45) is 5.73 Å². The molecule has 19 heavy (non-hydrogen) atoms. The van der Waals surface area contributed by atoms with Crippen molar-refractivity contribution in [3.8, 4) is 11.8 Å². The van der Waals surface area contributed by atoms with Crippen molar-refractivity contribution in [1.82, 2.24) is 0 Å². The number of rotatable bonds is 5. The van der Waals surface area contributed by atoms with Crippen molar-refractivity contribution in [3.63, 3.8) is 0 Å². The van der Waals surface area contributed by atoms with E-state index in [0.29, 0.717) is 17.9 Å². The first-order chi connectivity index (χ1) is 9.17. The minimum Gasteiger partial charge on any atom is -0.465 e. The van der Waals surface area contributed by atoms with E-state index in [1.165, 1.54) is 17.8 Å². The number of benzene rings is 1. The maximum Gasteiger partial charge on any atom is 0.315 e. The first kappa shape index (κ1) is 15.5. The van der Waals surface area contributed by atoms with Crippen LogP contribution in [0.15, 0.2) is 18.2 Å². The average molecular weight is 281 g/mol. The zero-order valence-corrected chi connectivity index (χ0v) is 11.6. The van der Waals surface area contributed by atoms with Gasteiger partial charge in [-0.25, -0.2) is 4.39 Å². The SMILES string of the molecule is CCOC(=O)CSCc1ccc(F)c(C#CCN)c1. The summed E-state index contributed by atoms with van der Waals surface area (Å²) in [6.07, 6.45) is 0. The molecule has 0 bridgehead atoms. The minimum absolute atomic E-state index is 0.196. The molecule has 0 saturated heterocycles. The number of carbonyl (C=O) groups excluding carboxylic acids is 1. The summed E-state index contributed by atoms with van der Waals surface area (Å²) in [5.74, 6) is 5.60. The lowest BCUT2D eigenvalue weighted by atomic mass is 10.1. The number of thioether (sulfide) groups is 1. The smallest absolute Gasteiger partial charge is 0.315 e. The fraction of sp³-hybridized carbons (Fsp3) is 0.357. The Hall–Kier alpha value is -1.51. The molecule has 1 aromatic carbocycles. The fourth-order valence-corrected chi connectivity index (χ4v) is 2.13. The van der Waals surface area contributed by atoms with Crippen LogP contribution in [0.3, 0.4) is 0 Å². The predicted molar refractivity (Wildman–Crippen MR) is 75.1 cm³/mol. The largest absolute Gasteiger partial charge is 0.465 e. The standard InChI is InChI=1S/C14H16FNO2S/c1-2-18-14(17)10-19-9-11-5-6-13(15)12(8-11)4-3-7-16/h5-6,8H,2,7,9-10,16H2,1H3. The van der Waals surface area contributed by atoms with Crippen LogP contribution in [0, 0.1) is 17.7 Å². The van der Waals surface area contributed by atoms with Crippen molar-refractivity contribution in [3.05, 3.63) is 35.1 Å². The molecule has 0 radical (unpaired) electrons. The number of halogens is 1. The third-order valence-electron chi connectivity index (χ3n) is 2.15. The van der Waals surface area contributed by atoms with E-state index in [-0.39, 0.29) is 24.1 Å². The number of hydrogen-bond donors (Lipinski definition) is 1. The lowest BCUT2D eigenvalue weighted by molar-refractivity contribution is -0.139. The van der Waals surface area contributed by atoms with Gasteiger partial charge in [-0.3, -0.25) is 4.79 Å². The van der Waals surface area contributed by atoms with Gasteiger partial charge in [-0.15, -0.1) is 11.8 Å². The van der Waals surface area contributed by atoms with Gasteiger partial charge in [0.1, 0.15) is 5.82 Å². The maximum atomic E-state index is 13.4. The number of nitrogens with two attached hydrogens (primary N) is 1. The molecule has 0 atom stereocenters. The molecule has 0 spiro atoms. The van der Waals surface area contributed by atoms with Crippen LogP contribution in [0.2, 0.25) is 0 Å². The van der Waals surface area contributed by atoms with Gasteiger partial charge in [0.25, 0.3) is 0 Å². The van der Waals surface area contributed by atoms with E-state index < -0.39 is 0 Å². The van der Waals surface area contributed by atoms with E-state index in [9.17, 15) is 9.18 Å². The Kier molecular flexibility index (Phi) is 7.01. The minimum atomic E-state index is -0.361. The highest BCUT2D eigenvalue weighted by Crippen LogP contribution is 2.16. The van der Waals surface area contributed by atoms with Crippen molar-refractivity contribution in [1.29, 1.82) is 0 Å². The molecule has 0 amide bonds. The van der Waals surface area contributed by atoms with Gasteiger partial charge in [-0.2, -0.15) is 0 Å². The summed E-state index contributed by atoms with van der Waals surface area (Å²) in [7, 11) is 0. The van der Waals surface area contributed by atoms with E-state index in [0.717, 1.165) is 5.56 Å². The molecular formula is C14H16FNO2S. The number of ether oxygens (including phenoxy) is 1. The summed E-state index contributed by atoms with van der Waals surface area (Å²) >= 11 is 1.42. The van der Waals surface area contributed by atoms with Crippen LogP contribution < -0.4 is 5.73 Å². The molecule has 0 aliphatic heterocycles. The average Bonchev–Trinajstić information content (AvgIpc) is 2.39. The van der Waals surface area contributed by atoms with E-state index in [4.69, 9.17) is 10.5 Å². The third-order valence-corrected chi connectivity index (χ3v) is 3.13. The molecule has 0 heterocycles. The number of carbonyl (C=O) groups is 1. The second kappa shape index (κ2) is 8.57. The van der Waals surface area contributed by atoms with Gasteiger partial charge in [-0.05, 0) is 24.6 Å². The molecule has 0 unspecified atom stereocenters. The molecule has 5 heteroatoms. The molecule has 0 aromatic heterocycles. The van der Waals surface area contributed by atoms with Crippen LogP contribution in [0.4, 0.5) is 4.39 Å². The second-order valence-electron chi connectivity index (χ2n) is 3.62. The summed E-state index contributed by atoms with van der Waals surface area (Å²) < 4.78 is 18.2. The van der Waals surface area contributed by atoms with E-state index in [1.54, 1.807) is 19.1 Å². The third kappa shape index (κ3) is 5.77. The van der Waals surface area contributed by atoms with Gasteiger partial charge in [0, 0.05) is 5.75 Å². The number of esters is 1. The van der Waals surface area contributed by atoms with Crippen LogP contribution in [0.5, 0.6) is 0 Å². The highest BCUT2D eigenvalue weighted by atomic mass is 32.2. The molecule has 0 aliphatic rings. The Morgan fingerprint density at radius 3 is 3.00 bits per heavy atom. The maximum absolute atomic E-state index is 13.4. The normalized spacial score (nSPS) is 9.63. The summed E-state index contributed by atoms with van der Waals surface area (Å²) in [5, 5.41) is 0. The summed E-state index contributed by atoms with van der Waals surface area (Å²) in [5.41, 5.74) is 6.50. The molecule has 0 fully saturated rings. The predicted octanol–water partition coefficient (Wildman–Crippen LogP) is 1.93. The van der Waals surface area contributed by atoms with Crippen LogP contribution >= 0.6 is 11.8 Å². The lowest BCUT2D eigenvalue weighted by Crippen LogP contribution is -2.06. The summed E-state index contributed by atoms with van der Waals surface area (Å²) in [4.78, 5) is 11.2. The monoisotopic (exact) mass is 281 g/mol. The Morgan fingerprint density at radius 1 is 1.53 bits per heavy atom. The Labute approximate surface area is 116 Å². The van der Waals surface area contributed by atoms with Gasteiger partial charge < -0.3 is 10.5 Å². The zero-order chi connectivity index (χ0) is 14.1. The van der Waals surface area contributed by atoms with Gasteiger partial charge >= 0.3 is 5.97 Å². The highest BCUT2D eigenvalue weighted by Gasteiger charge is 2.04. The molecule has 0 saturated carbocycles. The fourth-order valence-electron chi connectivity index (χ4n) is 1.36. The Balaban J connectivity index is 2.57. The van der Waals surface area contributed by atoms with E-state index in [2.05, 4.69) is 11.8 Å². The molecule has 0 aliphatic carbocycles. The summed E-state index contributed by atoms with van der Waals surface area (Å²) in [6, 6.07) is 4.73. The summed E-state index contributed by atoms with van der Waals surface area (Å²) in [6.45, 7) is 2.35. The number of hydrogen-bond acceptors (Lipinski definition) is 4. The van der Waals surface area contributed by atoms with E-state index >= 15 is 0 Å². The molecule has 1 rings (SSSR count). The first-order valence-corrected chi connectivity index (χ1v) is 7.03. The first-order valence-electron chi connectivity index (χ1n) is 5.88. The van der Waals surface area contributed by atoms with Crippen LogP contribution in [-0.4, -0.2) is 24.9 Å². The highest BCUT2D eigenvalue weighted by molar-refractivity contribution is 7.99. The van der Waals surface area contributed by atoms with Gasteiger partial charge in [0.05, 0.1) is 24.5 Å². The Bertz CT molecular complexity index is 494. The van der Waals surface area contributed by atoms with Crippen molar-refractivity contribution in [2.45, 2.75) is 12.7 Å². The van der Waals surface area contributed by atoms with Crippen LogP contribution in [0.1, 0.15) is 18.1 Å². The molecular weight excluding hydrogens is 265 g/mol. The van der Waals surface area contributed by atoms with Crippen LogP contribution in [-0.2, 0) is 15.3 Å². The lowest BCUT2D eigenvalue weighted by Gasteiger charge is -2.03. The quantitative estimate of drug-likeness (QED) is 0.662. The molecule has 3 nitrogen and oxygen atoms in total. The second-order valence-corrected chi connectivity index (χ2v) is 4.60. The molecule has 1 aromatic rings. The van der Waals surface area contributed by atoms with Crippen molar-refractivity contribution >= 4 is 17.7 Å². The van der Waals surface area contributed by atoms with Crippen molar-refractivity contribution < 1.29 is 13.9 Å².